The van der Waals surface area contributed by atoms with E-state index in [0.717, 1.165) is 11.4 Å². The molecule has 1 fully saturated rings. The van der Waals surface area contributed by atoms with Crippen LogP contribution in [0.5, 0.6) is 5.75 Å². The Balaban J connectivity index is 1.49. The lowest BCUT2D eigenvalue weighted by Gasteiger charge is -2.17. The molecule has 0 aliphatic carbocycles. The number of aromatic nitrogens is 1. The molecule has 138 valence electrons. The molecule has 1 aliphatic rings. The molecule has 0 bridgehead atoms. The van der Waals surface area contributed by atoms with Gasteiger partial charge in [-0.05, 0) is 31.5 Å². The highest BCUT2D eigenvalue weighted by Crippen LogP contribution is 2.21. The number of ether oxygens (including phenoxy) is 1. The van der Waals surface area contributed by atoms with Crippen molar-refractivity contribution in [1.29, 1.82) is 0 Å². The summed E-state index contributed by atoms with van der Waals surface area (Å²) >= 11 is 1.65. The Bertz CT molecular complexity index is 790. The van der Waals surface area contributed by atoms with Crippen molar-refractivity contribution in [3.05, 3.63) is 45.9 Å². The van der Waals surface area contributed by atoms with E-state index in [1.54, 1.807) is 47.6 Å². The molecule has 6 nitrogen and oxygen atoms in total. The lowest BCUT2D eigenvalue weighted by Crippen LogP contribution is -2.35. The van der Waals surface area contributed by atoms with Crippen LogP contribution in [0.15, 0.2) is 30.5 Å². The molecule has 1 atom stereocenters. The Kier molecular flexibility index (Phi) is 5.88. The van der Waals surface area contributed by atoms with Crippen molar-refractivity contribution in [1.82, 2.24) is 15.2 Å². The summed E-state index contributed by atoms with van der Waals surface area (Å²) in [6, 6.07) is 7.10. The number of methoxy groups -OCH3 is 1. The Morgan fingerprint density at radius 2 is 2.27 bits per heavy atom. The average Bonchev–Trinajstić information content (AvgIpc) is 3.30. The second-order valence-electron chi connectivity index (χ2n) is 6.37. The third-order valence-electron chi connectivity index (χ3n) is 4.47. The number of likely N-dealkylation sites (tertiary alicyclic amines) is 1. The first-order valence-corrected chi connectivity index (χ1v) is 9.51. The zero-order valence-electron chi connectivity index (χ0n) is 15.0. The minimum absolute atomic E-state index is 0.0132. The number of hydrogen-bond acceptors (Lipinski definition) is 5. The molecule has 26 heavy (non-hydrogen) atoms. The van der Waals surface area contributed by atoms with Crippen molar-refractivity contribution in [3.8, 4) is 5.75 Å². The van der Waals surface area contributed by atoms with Gasteiger partial charge in [0.2, 0.25) is 5.91 Å². The molecule has 1 unspecified atom stereocenters. The number of aryl methyl sites for hydroxylation is 1. The number of amides is 2. The fraction of sp³-hybridized carbons (Fsp3) is 0.421. The molecule has 1 aliphatic heterocycles. The molecule has 1 N–H and O–H groups in total. The Morgan fingerprint density at radius 1 is 1.42 bits per heavy atom. The van der Waals surface area contributed by atoms with Crippen LogP contribution < -0.4 is 10.1 Å². The van der Waals surface area contributed by atoms with Gasteiger partial charge in [0, 0.05) is 42.7 Å². The first-order chi connectivity index (χ1) is 12.6. The molecule has 7 heteroatoms. The van der Waals surface area contributed by atoms with Gasteiger partial charge in [-0.25, -0.2) is 4.98 Å². The fourth-order valence-corrected chi connectivity index (χ4v) is 3.84. The largest absolute Gasteiger partial charge is 0.497 e. The van der Waals surface area contributed by atoms with E-state index < -0.39 is 0 Å². The second kappa shape index (κ2) is 8.31. The van der Waals surface area contributed by atoms with Gasteiger partial charge in [-0.1, -0.05) is 6.07 Å². The first kappa shape index (κ1) is 18.4. The molecule has 0 spiro atoms. The van der Waals surface area contributed by atoms with Gasteiger partial charge in [0.05, 0.1) is 18.0 Å². The summed E-state index contributed by atoms with van der Waals surface area (Å²) in [4.78, 5) is 32.2. The van der Waals surface area contributed by atoms with E-state index in [9.17, 15) is 9.59 Å². The molecule has 2 heterocycles. The predicted octanol–water partition coefficient (Wildman–Crippen LogP) is 2.28. The minimum atomic E-state index is -0.150. The summed E-state index contributed by atoms with van der Waals surface area (Å²) in [5.74, 6) is 0.459. The van der Waals surface area contributed by atoms with Crippen LogP contribution in [-0.4, -0.2) is 48.4 Å². The van der Waals surface area contributed by atoms with Gasteiger partial charge in [0.15, 0.2) is 0 Å². The van der Waals surface area contributed by atoms with Crippen LogP contribution >= 0.6 is 11.3 Å². The summed E-state index contributed by atoms with van der Waals surface area (Å²) in [7, 11) is 1.58. The lowest BCUT2D eigenvalue weighted by atomic mass is 10.1. The maximum Gasteiger partial charge on any atom is 0.254 e. The fourth-order valence-electron chi connectivity index (χ4n) is 3.05. The van der Waals surface area contributed by atoms with Gasteiger partial charge in [0.1, 0.15) is 5.75 Å². The number of thiazole rings is 1. The highest BCUT2D eigenvalue weighted by molar-refractivity contribution is 7.11. The maximum absolute atomic E-state index is 12.6. The van der Waals surface area contributed by atoms with Crippen molar-refractivity contribution in [2.24, 2.45) is 5.92 Å². The number of nitrogens with one attached hydrogen (secondary N) is 1. The van der Waals surface area contributed by atoms with Crippen LogP contribution in [0.1, 0.15) is 26.7 Å². The van der Waals surface area contributed by atoms with Crippen molar-refractivity contribution in [2.45, 2.75) is 19.8 Å². The van der Waals surface area contributed by atoms with E-state index >= 15 is 0 Å². The molecule has 1 saturated heterocycles. The van der Waals surface area contributed by atoms with Crippen LogP contribution in [-0.2, 0) is 11.2 Å². The van der Waals surface area contributed by atoms with Crippen LogP contribution in [0, 0.1) is 12.8 Å². The molecule has 1 aromatic heterocycles. The standard InChI is InChI=1S/C19H23N3O3S/c1-13-11-21-17(26-13)6-8-20-18(23)15-7-9-22(12-15)19(24)14-4-3-5-16(10-14)25-2/h3-5,10-11,15H,6-9,12H2,1-2H3,(H,20,23). The number of benzene rings is 1. The number of carbonyl (C=O) groups excluding carboxylic acids is 2. The van der Waals surface area contributed by atoms with Crippen LogP contribution in [0.2, 0.25) is 0 Å². The molecule has 2 aromatic rings. The van der Waals surface area contributed by atoms with Crippen molar-refractivity contribution < 1.29 is 14.3 Å². The van der Waals surface area contributed by atoms with Crippen LogP contribution in [0.25, 0.3) is 0 Å². The topological polar surface area (TPSA) is 71.5 Å². The Morgan fingerprint density at radius 3 is 3.00 bits per heavy atom. The van der Waals surface area contributed by atoms with Gasteiger partial charge in [0.25, 0.3) is 5.91 Å². The van der Waals surface area contributed by atoms with E-state index in [1.807, 2.05) is 13.1 Å². The van der Waals surface area contributed by atoms with E-state index in [1.165, 1.54) is 4.88 Å². The minimum Gasteiger partial charge on any atom is -0.497 e. The Labute approximate surface area is 157 Å². The third-order valence-corrected chi connectivity index (χ3v) is 5.44. The number of carbonyl (C=O) groups is 2. The summed E-state index contributed by atoms with van der Waals surface area (Å²) in [5.41, 5.74) is 0.588. The highest BCUT2D eigenvalue weighted by Gasteiger charge is 2.31. The summed E-state index contributed by atoms with van der Waals surface area (Å²) < 4.78 is 5.17. The van der Waals surface area contributed by atoms with Gasteiger partial charge >= 0.3 is 0 Å². The number of nitrogens with zero attached hydrogens (tertiary/aromatic N) is 2. The van der Waals surface area contributed by atoms with Crippen LogP contribution in [0.4, 0.5) is 0 Å². The van der Waals surface area contributed by atoms with Gasteiger partial charge in [-0.2, -0.15) is 0 Å². The average molecular weight is 373 g/mol. The summed E-state index contributed by atoms with van der Waals surface area (Å²) in [6.45, 7) is 3.65. The second-order valence-corrected chi connectivity index (χ2v) is 7.69. The molecule has 3 rings (SSSR count). The van der Waals surface area contributed by atoms with Crippen molar-refractivity contribution in [2.75, 3.05) is 26.7 Å². The van der Waals surface area contributed by atoms with Gasteiger partial charge in [-0.15, -0.1) is 11.3 Å². The Hall–Kier alpha value is -2.41. The molecule has 0 saturated carbocycles. The highest BCUT2D eigenvalue weighted by atomic mass is 32.1. The normalized spacial score (nSPS) is 16.5. The molecular weight excluding hydrogens is 350 g/mol. The number of hydrogen-bond donors (Lipinski definition) is 1. The van der Waals surface area contributed by atoms with Gasteiger partial charge < -0.3 is 15.0 Å². The molecular formula is C19H23N3O3S. The summed E-state index contributed by atoms with van der Waals surface area (Å²) in [6.07, 6.45) is 3.28. The summed E-state index contributed by atoms with van der Waals surface area (Å²) in [5, 5.41) is 4.00. The first-order valence-electron chi connectivity index (χ1n) is 8.69. The quantitative estimate of drug-likeness (QED) is 0.843. The SMILES string of the molecule is COc1cccc(C(=O)N2CCC(C(=O)NCCc3ncc(C)s3)C2)c1. The van der Waals surface area contributed by atoms with Crippen molar-refractivity contribution >= 4 is 23.2 Å². The maximum atomic E-state index is 12.6. The molecule has 2 amide bonds. The van der Waals surface area contributed by atoms with Crippen LogP contribution in [0.3, 0.4) is 0 Å². The van der Waals surface area contributed by atoms with Gasteiger partial charge in [-0.3, -0.25) is 9.59 Å². The van der Waals surface area contributed by atoms with E-state index in [0.29, 0.717) is 37.4 Å². The zero-order valence-corrected chi connectivity index (χ0v) is 15.8. The zero-order chi connectivity index (χ0) is 18.5. The van der Waals surface area contributed by atoms with E-state index in [-0.39, 0.29) is 17.7 Å². The van der Waals surface area contributed by atoms with E-state index in [2.05, 4.69) is 10.3 Å². The third kappa shape index (κ3) is 4.40. The van der Waals surface area contributed by atoms with E-state index in [4.69, 9.17) is 4.74 Å². The molecule has 1 aromatic carbocycles. The smallest absolute Gasteiger partial charge is 0.254 e. The number of rotatable bonds is 6. The monoisotopic (exact) mass is 373 g/mol. The lowest BCUT2D eigenvalue weighted by molar-refractivity contribution is -0.124. The predicted molar refractivity (Wildman–Crippen MR) is 101 cm³/mol. The molecule has 0 radical (unpaired) electrons. The van der Waals surface area contributed by atoms with Crippen molar-refractivity contribution in [3.63, 3.8) is 0 Å².